The molecule has 1 aromatic heterocycles. The van der Waals surface area contributed by atoms with Crippen molar-refractivity contribution < 1.29 is 14.3 Å². The van der Waals surface area contributed by atoms with Gasteiger partial charge in [0.2, 0.25) is 0 Å². The van der Waals surface area contributed by atoms with E-state index in [-0.39, 0.29) is 11.7 Å². The lowest BCUT2D eigenvalue weighted by Gasteiger charge is -2.25. The minimum Gasteiger partial charge on any atom is -0.390 e. The maximum Gasteiger partial charge on any atom is 0.270 e. The van der Waals surface area contributed by atoms with Crippen LogP contribution in [0.3, 0.4) is 0 Å². The number of aliphatic hydroxyl groups is 1. The molecule has 1 heterocycles. The molecule has 1 aliphatic rings. The van der Waals surface area contributed by atoms with Gasteiger partial charge in [-0.2, -0.15) is 0 Å². The molecule has 4 nitrogen and oxygen atoms in total. The van der Waals surface area contributed by atoms with Crippen LogP contribution in [0.2, 0.25) is 0 Å². The number of H-pyrrole nitrogens is 1. The normalized spacial score (nSPS) is 17.0. The van der Waals surface area contributed by atoms with Crippen LogP contribution >= 0.6 is 0 Å². The molecular formula is C17H21FN2O2. The van der Waals surface area contributed by atoms with Gasteiger partial charge in [0.25, 0.3) is 5.91 Å². The fourth-order valence-electron chi connectivity index (χ4n) is 3.18. The molecule has 1 aliphatic carbocycles. The summed E-state index contributed by atoms with van der Waals surface area (Å²) in [5, 5.41) is 11.0. The number of nitrogens with one attached hydrogen (secondary N) is 1. The first-order valence-corrected chi connectivity index (χ1v) is 7.73. The predicted octanol–water partition coefficient (Wildman–Crippen LogP) is 3.07. The standard InChI is InChI=1S/C17H21FN2O2/c1-20(9-8-17(22)6-2-3-7-17)16(21)15-11-12-10-13(18)4-5-14(12)19-15/h4-5,10-11,19,22H,2-3,6-9H2,1H3. The maximum absolute atomic E-state index is 13.2. The molecule has 0 saturated heterocycles. The molecule has 0 aliphatic heterocycles. The summed E-state index contributed by atoms with van der Waals surface area (Å²) in [6.45, 7) is 0.513. The largest absolute Gasteiger partial charge is 0.390 e. The summed E-state index contributed by atoms with van der Waals surface area (Å²) in [5.41, 5.74) is 0.576. The first-order valence-electron chi connectivity index (χ1n) is 7.73. The zero-order valence-electron chi connectivity index (χ0n) is 12.7. The van der Waals surface area contributed by atoms with Gasteiger partial charge in [0.15, 0.2) is 0 Å². The molecule has 1 fully saturated rings. The van der Waals surface area contributed by atoms with Crippen molar-refractivity contribution in [1.82, 2.24) is 9.88 Å². The number of fused-ring (bicyclic) bond motifs is 1. The fraction of sp³-hybridized carbons (Fsp3) is 0.471. The molecule has 1 saturated carbocycles. The Hall–Kier alpha value is -1.88. The van der Waals surface area contributed by atoms with Gasteiger partial charge in [0.1, 0.15) is 11.5 Å². The third kappa shape index (κ3) is 2.99. The average Bonchev–Trinajstić information content (AvgIpc) is 3.10. The highest BCUT2D eigenvalue weighted by Crippen LogP contribution is 2.32. The van der Waals surface area contributed by atoms with E-state index in [1.807, 2.05) is 0 Å². The predicted molar refractivity (Wildman–Crippen MR) is 83.3 cm³/mol. The van der Waals surface area contributed by atoms with E-state index >= 15 is 0 Å². The zero-order chi connectivity index (χ0) is 15.7. The molecule has 3 rings (SSSR count). The topological polar surface area (TPSA) is 56.3 Å². The first kappa shape index (κ1) is 15.0. The van der Waals surface area contributed by atoms with E-state index in [0.717, 1.165) is 31.2 Å². The molecule has 118 valence electrons. The summed E-state index contributed by atoms with van der Waals surface area (Å²) in [6, 6.07) is 6.07. The summed E-state index contributed by atoms with van der Waals surface area (Å²) >= 11 is 0. The molecule has 5 heteroatoms. The van der Waals surface area contributed by atoms with Crippen molar-refractivity contribution in [3.8, 4) is 0 Å². The molecule has 0 bridgehead atoms. The Bertz CT molecular complexity index is 689. The van der Waals surface area contributed by atoms with E-state index in [1.54, 1.807) is 24.1 Å². The monoisotopic (exact) mass is 304 g/mol. The molecule has 2 N–H and O–H groups in total. The second-order valence-corrected chi connectivity index (χ2v) is 6.32. The highest BCUT2D eigenvalue weighted by molar-refractivity contribution is 5.97. The number of benzene rings is 1. The number of carbonyl (C=O) groups excluding carboxylic acids is 1. The maximum atomic E-state index is 13.2. The minimum atomic E-state index is -0.613. The Kier molecular flexibility index (Phi) is 3.91. The van der Waals surface area contributed by atoms with Crippen molar-refractivity contribution in [2.45, 2.75) is 37.7 Å². The van der Waals surface area contributed by atoms with Gasteiger partial charge >= 0.3 is 0 Å². The van der Waals surface area contributed by atoms with E-state index in [1.165, 1.54) is 12.1 Å². The number of hydrogen-bond donors (Lipinski definition) is 2. The Balaban J connectivity index is 1.68. The van der Waals surface area contributed by atoms with Crippen LogP contribution in [0.25, 0.3) is 10.9 Å². The summed E-state index contributed by atoms with van der Waals surface area (Å²) in [6.07, 6.45) is 4.36. The molecular weight excluding hydrogens is 283 g/mol. The van der Waals surface area contributed by atoms with Crippen LogP contribution in [0.1, 0.15) is 42.6 Å². The number of carbonyl (C=O) groups is 1. The van der Waals surface area contributed by atoms with Crippen LogP contribution in [0, 0.1) is 5.82 Å². The number of halogens is 1. The summed E-state index contributed by atoms with van der Waals surface area (Å²) < 4.78 is 13.2. The molecule has 0 unspecified atom stereocenters. The Morgan fingerprint density at radius 1 is 1.36 bits per heavy atom. The Morgan fingerprint density at radius 3 is 2.82 bits per heavy atom. The summed E-state index contributed by atoms with van der Waals surface area (Å²) in [7, 11) is 1.73. The lowest BCUT2D eigenvalue weighted by Crippen LogP contribution is -2.34. The van der Waals surface area contributed by atoms with Gasteiger partial charge in [-0.3, -0.25) is 4.79 Å². The third-order valence-electron chi connectivity index (χ3n) is 4.61. The molecule has 0 radical (unpaired) electrons. The van der Waals surface area contributed by atoms with Crippen LogP contribution in [0.15, 0.2) is 24.3 Å². The smallest absolute Gasteiger partial charge is 0.270 e. The summed E-state index contributed by atoms with van der Waals surface area (Å²) in [4.78, 5) is 17.1. The van der Waals surface area contributed by atoms with Gasteiger partial charge in [-0.25, -0.2) is 4.39 Å². The lowest BCUT2D eigenvalue weighted by molar-refractivity contribution is 0.0295. The Labute approximate surface area is 128 Å². The molecule has 2 aromatic rings. The average molecular weight is 304 g/mol. The van der Waals surface area contributed by atoms with Crippen LogP contribution < -0.4 is 0 Å². The number of aromatic nitrogens is 1. The number of aromatic amines is 1. The van der Waals surface area contributed by atoms with E-state index in [2.05, 4.69) is 4.98 Å². The van der Waals surface area contributed by atoms with Crippen molar-refractivity contribution in [1.29, 1.82) is 0 Å². The Morgan fingerprint density at radius 2 is 2.09 bits per heavy atom. The van der Waals surface area contributed by atoms with E-state index in [4.69, 9.17) is 0 Å². The molecule has 0 atom stereocenters. The van der Waals surface area contributed by atoms with Crippen LogP contribution in [0.4, 0.5) is 4.39 Å². The van der Waals surface area contributed by atoms with Crippen LogP contribution in [0.5, 0.6) is 0 Å². The molecule has 1 aromatic carbocycles. The number of amides is 1. The SMILES string of the molecule is CN(CCC1(O)CCCC1)C(=O)c1cc2cc(F)ccc2[nH]1. The van der Waals surface area contributed by atoms with Gasteiger partial charge in [-0.1, -0.05) is 12.8 Å². The third-order valence-corrected chi connectivity index (χ3v) is 4.61. The van der Waals surface area contributed by atoms with E-state index in [0.29, 0.717) is 24.0 Å². The summed E-state index contributed by atoms with van der Waals surface area (Å²) in [5.74, 6) is -0.458. The molecule has 1 amide bonds. The van der Waals surface area contributed by atoms with E-state index in [9.17, 15) is 14.3 Å². The molecule has 22 heavy (non-hydrogen) atoms. The first-order chi connectivity index (χ1) is 10.5. The quantitative estimate of drug-likeness (QED) is 0.912. The van der Waals surface area contributed by atoms with Crippen LogP contribution in [-0.4, -0.2) is 40.1 Å². The van der Waals surface area contributed by atoms with Crippen molar-refractivity contribution in [3.63, 3.8) is 0 Å². The number of hydrogen-bond acceptors (Lipinski definition) is 2. The highest BCUT2D eigenvalue weighted by Gasteiger charge is 2.31. The van der Waals surface area contributed by atoms with Crippen LogP contribution in [-0.2, 0) is 0 Å². The number of nitrogens with zero attached hydrogens (tertiary/aromatic N) is 1. The second kappa shape index (κ2) is 5.72. The minimum absolute atomic E-state index is 0.141. The zero-order valence-corrected chi connectivity index (χ0v) is 12.7. The van der Waals surface area contributed by atoms with Gasteiger partial charge in [-0.05, 0) is 43.5 Å². The lowest BCUT2D eigenvalue weighted by atomic mass is 9.98. The van der Waals surface area contributed by atoms with Crippen molar-refractivity contribution in [3.05, 3.63) is 35.8 Å². The second-order valence-electron chi connectivity index (χ2n) is 6.32. The number of rotatable bonds is 4. The van der Waals surface area contributed by atoms with Crippen molar-refractivity contribution in [2.75, 3.05) is 13.6 Å². The fourth-order valence-corrected chi connectivity index (χ4v) is 3.18. The van der Waals surface area contributed by atoms with Gasteiger partial charge in [-0.15, -0.1) is 0 Å². The van der Waals surface area contributed by atoms with Gasteiger partial charge in [0.05, 0.1) is 5.60 Å². The highest BCUT2D eigenvalue weighted by atomic mass is 19.1. The van der Waals surface area contributed by atoms with Crippen molar-refractivity contribution >= 4 is 16.8 Å². The van der Waals surface area contributed by atoms with Gasteiger partial charge < -0.3 is 15.0 Å². The van der Waals surface area contributed by atoms with E-state index < -0.39 is 5.60 Å². The van der Waals surface area contributed by atoms with Gasteiger partial charge in [0, 0.05) is 24.5 Å². The molecule has 0 spiro atoms. The van der Waals surface area contributed by atoms with Crippen molar-refractivity contribution in [2.24, 2.45) is 0 Å².